The fourth-order valence-corrected chi connectivity index (χ4v) is 1.09. The first-order chi connectivity index (χ1) is 4.74. The summed E-state index contributed by atoms with van der Waals surface area (Å²) in [5.74, 6) is 0.760. The molecule has 0 aliphatic rings. The van der Waals surface area contributed by atoms with Crippen molar-refractivity contribution >= 4 is 25.3 Å². The van der Waals surface area contributed by atoms with Gasteiger partial charge >= 0.3 is 0 Å². The van der Waals surface area contributed by atoms with Crippen LogP contribution in [0.5, 0.6) is 5.75 Å². The average Bonchev–Trinajstić information content (AvgIpc) is 1.94. The van der Waals surface area contributed by atoms with Crippen LogP contribution in [-0.4, -0.2) is 7.11 Å². The van der Waals surface area contributed by atoms with E-state index in [1.165, 1.54) is 0 Å². The van der Waals surface area contributed by atoms with Gasteiger partial charge in [0.2, 0.25) is 0 Å². The predicted octanol–water partition coefficient (Wildman–Crippen LogP) is 2.27. The van der Waals surface area contributed by atoms with E-state index in [0.717, 1.165) is 15.5 Å². The molecule has 54 valence electrons. The topological polar surface area (TPSA) is 9.23 Å². The maximum Gasteiger partial charge on any atom is 0.133 e. The first-order valence-corrected chi connectivity index (χ1v) is 3.69. The van der Waals surface area contributed by atoms with E-state index in [-0.39, 0.29) is 0 Å². The molecule has 1 rings (SSSR count). The molecular formula is C7H8OS2. The maximum atomic E-state index is 5.00. The van der Waals surface area contributed by atoms with Gasteiger partial charge in [0.1, 0.15) is 5.75 Å². The summed E-state index contributed by atoms with van der Waals surface area (Å²) in [6.45, 7) is 0. The zero-order chi connectivity index (χ0) is 7.56. The molecule has 0 aromatic heterocycles. The summed E-state index contributed by atoms with van der Waals surface area (Å²) in [6, 6.07) is 5.55. The van der Waals surface area contributed by atoms with Crippen molar-refractivity contribution in [3.8, 4) is 5.75 Å². The van der Waals surface area contributed by atoms with Crippen LogP contribution >= 0.6 is 25.3 Å². The lowest BCUT2D eigenvalue weighted by molar-refractivity contribution is 0.404. The van der Waals surface area contributed by atoms with Gasteiger partial charge in [0.15, 0.2) is 0 Å². The Balaban J connectivity index is 3.09. The Morgan fingerprint density at radius 3 is 2.50 bits per heavy atom. The molecule has 10 heavy (non-hydrogen) atoms. The molecule has 0 atom stereocenters. The molecular weight excluding hydrogens is 164 g/mol. The number of hydrogen-bond acceptors (Lipinski definition) is 3. The summed E-state index contributed by atoms with van der Waals surface area (Å²) in [5, 5.41) is 0. The lowest BCUT2D eigenvalue weighted by Crippen LogP contribution is -1.83. The lowest BCUT2D eigenvalue weighted by atomic mass is 10.3. The second kappa shape index (κ2) is 3.21. The van der Waals surface area contributed by atoms with E-state index < -0.39 is 0 Å². The molecule has 0 saturated heterocycles. The first-order valence-electron chi connectivity index (χ1n) is 2.80. The fraction of sp³-hybridized carbons (Fsp3) is 0.143. The minimum atomic E-state index is 0.760. The number of methoxy groups -OCH3 is 1. The van der Waals surface area contributed by atoms with Crippen molar-refractivity contribution in [1.29, 1.82) is 0 Å². The zero-order valence-corrected chi connectivity index (χ0v) is 7.32. The molecule has 1 aromatic carbocycles. The second-order valence-electron chi connectivity index (χ2n) is 1.86. The molecule has 0 aliphatic heterocycles. The second-order valence-corrected chi connectivity index (χ2v) is 2.85. The predicted molar refractivity (Wildman–Crippen MR) is 47.5 cm³/mol. The van der Waals surface area contributed by atoms with Crippen LogP contribution in [0, 0.1) is 0 Å². The molecule has 3 heteroatoms. The Kier molecular flexibility index (Phi) is 2.51. The molecule has 0 aliphatic carbocycles. The Labute approximate surface area is 71.2 Å². The van der Waals surface area contributed by atoms with E-state index in [1.807, 2.05) is 18.2 Å². The van der Waals surface area contributed by atoms with Gasteiger partial charge in [0, 0.05) is 9.79 Å². The van der Waals surface area contributed by atoms with Crippen molar-refractivity contribution in [1.82, 2.24) is 0 Å². The molecule has 0 radical (unpaired) electrons. The van der Waals surface area contributed by atoms with E-state index in [2.05, 4.69) is 25.3 Å². The maximum absolute atomic E-state index is 5.00. The fourth-order valence-electron chi connectivity index (χ4n) is 0.666. The molecule has 0 saturated carbocycles. The molecule has 1 aromatic rings. The van der Waals surface area contributed by atoms with Crippen LogP contribution in [0.3, 0.4) is 0 Å². The van der Waals surface area contributed by atoms with Crippen molar-refractivity contribution in [2.45, 2.75) is 9.79 Å². The van der Waals surface area contributed by atoms with Crippen LogP contribution in [0.25, 0.3) is 0 Å². The standard InChI is InChI=1S/C7H8OS2/c1-8-6-4-5(9)2-3-7(6)10/h2-4,9-10H,1H3. The normalized spacial score (nSPS) is 9.50. The highest BCUT2D eigenvalue weighted by Gasteiger charge is 1.96. The van der Waals surface area contributed by atoms with Crippen molar-refractivity contribution in [2.75, 3.05) is 7.11 Å². The van der Waals surface area contributed by atoms with Crippen LogP contribution in [0.2, 0.25) is 0 Å². The van der Waals surface area contributed by atoms with Gasteiger partial charge in [-0.15, -0.1) is 25.3 Å². The minimum Gasteiger partial charge on any atom is -0.496 e. The van der Waals surface area contributed by atoms with Crippen LogP contribution in [0.15, 0.2) is 28.0 Å². The number of hydrogen-bond donors (Lipinski definition) is 2. The van der Waals surface area contributed by atoms with Gasteiger partial charge < -0.3 is 4.74 Å². The number of ether oxygens (including phenoxy) is 1. The van der Waals surface area contributed by atoms with Crippen LogP contribution in [0.4, 0.5) is 0 Å². The van der Waals surface area contributed by atoms with Crippen LogP contribution < -0.4 is 4.74 Å². The number of rotatable bonds is 1. The summed E-state index contributed by atoms with van der Waals surface area (Å²) in [7, 11) is 1.61. The molecule has 0 bridgehead atoms. The van der Waals surface area contributed by atoms with Gasteiger partial charge in [-0.3, -0.25) is 0 Å². The highest BCUT2D eigenvalue weighted by molar-refractivity contribution is 7.80. The van der Waals surface area contributed by atoms with Gasteiger partial charge in [-0.05, 0) is 18.2 Å². The summed E-state index contributed by atoms with van der Waals surface area (Å²) in [6.07, 6.45) is 0. The Bertz CT molecular complexity index is 235. The average molecular weight is 172 g/mol. The summed E-state index contributed by atoms with van der Waals surface area (Å²) >= 11 is 8.31. The molecule has 0 unspecified atom stereocenters. The van der Waals surface area contributed by atoms with Crippen molar-refractivity contribution < 1.29 is 4.74 Å². The van der Waals surface area contributed by atoms with Gasteiger partial charge in [-0.1, -0.05) is 0 Å². The summed E-state index contributed by atoms with van der Waals surface area (Å²) in [4.78, 5) is 1.72. The van der Waals surface area contributed by atoms with Crippen LogP contribution in [0.1, 0.15) is 0 Å². The molecule has 1 nitrogen and oxygen atoms in total. The smallest absolute Gasteiger partial charge is 0.133 e. The highest BCUT2D eigenvalue weighted by Crippen LogP contribution is 2.24. The van der Waals surface area contributed by atoms with Crippen LogP contribution in [-0.2, 0) is 0 Å². The molecule has 0 amide bonds. The summed E-state index contributed by atoms with van der Waals surface area (Å²) in [5.41, 5.74) is 0. The Hall–Kier alpha value is -0.280. The third-order valence-electron chi connectivity index (χ3n) is 1.16. The number of thiol groups is 2. The van der Waals surface area contributed by atoms with Gasteiger partial charge in [0.05, 0.1) is 7.11 Å². The lowest BCUT2D eigenvalue weighted by Gasteiger charge is -2.02. The quantitative estimate of drug-likeness (QED) is 0.618. The molecule has 0 fully saturated rings. The molecule has 0 spiro atoms. The number of benzene rings is 1. The largest absolute Gasteiger partial charge is 0.496 e. The van der Waals surface area contributed by atoms with Gasteiger partial charge in [-0.2, -0.15) is 0 Å². The van der Waals surface area contributed by atoms with E-state index in [1.54, 1.807) is 7.11 Å². The van der Waals surface area contributed by atoms with E-state index in [4.69, 9.17) is 4.74 Å². The van der Waals surface area contributed by atoms with Gasteiger partial charge in [0.25, 0.3) is 0 Å². The monoisotopic (exact) mass is 172 g/mol. The third-order valence-corrected chi connectivity index (χ3v) is 1.81. The van der Waals surface area contributed by atoms with Crippen molar-refractivity contribution in [3.63, 3.8) is 0 Å². The SMILES string of the molecule is COc1cc(S)ccc1S. The van der Waals surface area contributed by atoms with E-state index in [0.29, 0.717) is 0 Å². The van der Waals surface area contributed by atoms with Crippen molar-refractivity contribution in [3.05, 3.63) is 18.2 Å². The molecule has 0 heterocycles. The van der Waals surface area contributed by atoms with E-state index in [9.17, 15) is 0 Å². The van der Waals surface area contributed by atoms with Crippen molar-refractivity contribution in [2.24, 2.45) is 0 Å². The highest BCUT2D eigenvalue weighted by atomic mass is 32.1. The zero-order valence-electron chi connectivity index (χ0n) is 5.53. The third kappa shape index (κ3) is 1.61. The molecule has 0 N–H and O–H groups in total. The Morgan fingerprint density at radius 2 is 2.00 bits per heavy atom. The minimum absolute atomic E-state index is 0.760. The van der Waals surface area contributed by atoms with Gasteiger partial charge in [-0.25, -0.2) is 0 Å². The summed E-state index contributed by atoms with van der Waals surface area (Å²) < 4.78 is 5.00. The first kappa shape index (κ1) is 7.82. The Morgan fingerprint density at radius 1 is 1.30 bits per heavy atom. The van der Waals surface area contributed by atoms with E-state index >= 15 is 0 Å².